The molecule has 0 aliphatic rings. The minimum Gasteiger partial charge on any atom is -0.478 e. The Hall–Kier alpha value is -3.22. The van der Waals surface area contributed by atoms with E-state index in [1.807, 2.05) is 11.3 Å². The van der Waals surface area contributed by atoms with Crippen molar-refractivity contribution >= 4 is 17.7 Å². The summed E-state index contributed by atoms with van der Waals surface area (Å²) in [7, 11) is 0. The Balaban J connectivity index is 2.01. The number of aromatic nitrogens is 2. The van der Waals surface area contributed by atoms with Crippen LogP contribution in [-0.2, 0) is 11.2 Å². The number of imidazole rings is 1. The maximum absolute atomic E-state index is 12.6. The van der Waals surface area contributed by atoms with Gasteiger partial charge in [-0.2, -0.15) is 8.78 Å². The molecule has 0 atom stereocenters. The first-order valence-electron chi connectivity index (χ1n) is 7.85. The minimum absolute atomic E-state index is 0.124. The Morgan fingerprint density at radius 2 is 2.08 bits per heavy atom. The number of aliphatic carboxylic acids is 1. The number of ether oxygens (including phenoxy) is 1. The maximum atomic E-state index is 12.6. The highest BCUT2D eigenvalue weighted by Crippen LogP contribution is 2.25. The predicted molar refractivity (Wildman–Crippen MR) is 92.5 cm³/mol. The summed E-state index contributed by atoms with van der Waals surface area (Å²) in [6, 6.07) is 10.2. The number of halogens is 2. The molecule has 7 heteroatoms. The second-order valence-corrected chi connectivity index (χ2v) is 5.67. The van der Waals surface area contributed by atoms with Gasteiger partial charge in [0.2, 0.25) is 0 Å². The highest BCUT2D eigenvalue weighted by Gasteiger charge is 2.14. The summed E-state index contributed by atoms with van der Waals surface area (Å²) in [5.74, 6) is -0.913. The Kier molecular flexibility index (Phi) is 4.97. The monoisotopic (exact) mass is 358 g/mol. The fraction of sp³-hybridized carbons (Fsp3) is 0.158. The molecular weight excluding hydrogens is 342 g/mol. The lowest BCUT2D eigenvalue weighted by Crippen LogP contribution is -2.05. The van der Waals surface area contributed by atoms with Crippen molar-refractivity contribution < 1.29 is 23.4 Å². The first-order chi connectivity index (χ1) is 12.4. The molecule has 0 saturated heterocycles. The Labute approximate surface area is 148 Å². The molecule has 1 aromatic carbocycles. The van der Waals surface area contributed by atoms with E-state index < -0.39 is 12.6 Å². The molecule has 0 aliphatic carbocycles. The standard InChI is InChI=1S/C19H16F2N2O3/c1-12-15(10-14-4-2-3-5-16(14)26-19(20)21)23-11-13(7-9-18(24)25)6-8-17(23)22-12/h2-9,11,19H,10H2,1H3,(H,24,25)/b9-7+. The molecule has 0 amide bonds. The number of hydrogen-bond donors (Lipinski definition) is 1. The molecule has 0 unspecified atom stereocenters. The maximum Gasteiger partial charge on any atom is 0.387 e. The van der Waals surface area contributed by atoms with Crippen LogP contribution >= 0.6 is 0 Å². The van der Waals surface area contributed by atoms with E-state index in [-0.39, 0.29) is 5.75 Å². The second kappa shape index (κ2) is 7.35. The Bertz CT molecular complexity index is 980. The number of benzene rings is 1. The summed E-state index contributed by atoms with van der Waals surface area (Å²) < 4.78 is 31.7. The molecule has 0 radical (unpaired) electrons. The van der Waals surface area contributed by atoms with Crippen LogP contribution in [0.4, 0.5) is 8.78 Å². The Morgan fingerprint density at radius 3 is 2.81 bits per heavy atom. The Morgan fingerprint density at radius 1 is 1.31 bits per heavy atom. The summed E-state index contributed by atoms with van der Waals surface area (Å²) >= 11 is 0. The third-order valence-corrected chi connectivity index (χ3v) is 3.91. The summed E-state index contributed by atoms with van der Waals surface area (Å²) in [6.07, 6.45) is 4.65. The third-order valence-electron chi connectivity index (χ3n) is 3.91. The van der Waals surface area contributed by atoms with E-state index in [4.69, 9.17) is 5.11 Å². The lowest BCUT2D eigenvalue weighted by atomic mass is 10.1. The van der Waals surface area contributed by atoms with E-state index in [1.165, 1.54) is 12.1 Å². The molecule has 3 aromatic rings. The number of carboxylic acids is 1. The van der Waals surface area contributed by atoms with E-state index in [2.05, 4.69) is 9.72 Å². The van der Waals surface area contributed by atoms with Crippen LogP contribution in [0, 0.1) is 6.92 Å². The number of alkyl halides is 2. The molecule has 0 spiro atoms. The van der Waals surface area contributed by atoms with E-state index in [0.717, 1.165) is 17.5 Å². The number of rotatable bonds is 6. The van der Waals surface area contributed by atoms with Crippen LogP contribution in [0.3, 0.4) is 0 Å². The number of carbonyl (C=O) groups is 1. The molecule has 0 bridgehead atoms. The van der Waals surface area contributed by atoms with E-state index in [9.17, 15) is 13.6 Å². The number of aryl methyl sites for hydroxylation is 1. The quantitative estimate of drug-likeness (QED) is 0.678. The van der Waals surface area contributed by atoms with E-state index >= 15 is 0 Å². The SMILES string of the molecule is Cc1nc2ccc(/C=C/C(=O)O)cn2c1Cc1ccccc1OC(F)F. The second-order valence-electron chi connectivity index (χ2n) is 5.67. The van der Waals surface area contributed by atoms with Crippen molar-refractivity contribution in [3.8, 4) is 5.75 Å². The van der Waals surface area contributed by atoms with Gasteiger partial charge in [-0.3, -0.25) is 0 Å². The smallest absolute Gasteiger partial charge is 0.387 e. The van der Waals surface area contributed by atoms with Gasteiger partial charge in [0.25, 0.3) is 0 Å². The lowest BCUT2D eigenvalue weighted by molar-refractivity contribution is -0.131. The van der Waals surface area contributed by atoms with Crippen LogP contribution in [0.5, 0.6) is 5.75 Å². The van der Waals surface area contributed by atoms with Gasteiger partial charge in [0.05, 0.1) is 5.69 Å². The number of nitrogens with zero attached hydrogens (tertiary/aromatic N) is 2. The highest BCUT2D eigenvalue weighted by molar-refractivity contribution is 5.85. The van der Waals surface area contributed by atoms with Crippen molar-refractivity contribution in [2.75, 3.05) is 0 Å². The van der Waals surface area contributed by atoms with Crippen LogP contribution in [0.25, 0.3) is 11.7 Å². The number of hydrogen-bond acceptors (Lipinski definition) is 3. The number of fused-ring (bicyclic) bond motifs is 1. The van der Waals surface area contributed by atoms with Gasteiger partial charge < -0.3 is 14.2 Å². The van der Waals surface area contributed by atoms with Crippen LogP contribution in [0.2, 0.25) is 0 Å². The van der Waals surface area contributed by atoms with Crippen molar-refractivity contribution in [3.05, 3.63) is 71.2 Å². The first-order valence-corrected chi connectivity index (χ1v) is 7.85. The molecule has 2 aromatic heterocycles. The van der Waals surface area contributed by atoms with Crippen LogP contribution in [-0.4, -0.2) is 27.1 Å². The van der Waals surface area contributed by atoms with Gasteiger partial charge in [-0.05, 0) is 36.8 Å². The van der Waals surface area contributed by atoms with Crippen molar-refractivity contribution in [2.24, 2.45) is 0 Å². The summed E-state index contributed by atoms with van der Waals surface area (Å²) in [6.45, 7) is -1.06. The number of carboxylic acid groups (broad SMARTS) is 1. The number of pyridine rings is 1. The highest BCUT2D eigenvalue weighted by atomic mass is 19.3. The van der Waals surface area contributed by atoms with Crippen molar-refractivity contribution in [1.29, 1.82) is 0 Å². The molecule has 2 heterocycles. The zero-order chi connectivity index (χ0) is 18.7. The first kappa shape index (κ1) is 17.6. The average molecular weight is 358 g/mol. The van der Waals surface area contributed by atoms with Crippen LogP contribution in [0.1, 0.15) is 22.5 Å². The molecule has 26 heavy (non-hydrogen) atoms. The topological polar surface area (TPSA) is 63.8 Å². The van der Waals surface area contributed by atoms with Gasteiger partial charge in [0.15, 0.2) is 0 Å². The summed E-state index contributed by atoms with van der Waals surface area (Å²) in [4.78, 5) is 15.2. The predicted octanol–water partition coefficient (Wildman–Crippen LogP) is 3.93. The third kappa shape index (κ3) is 3.88. The fourth-order valence-electron chi connectivity index (χ4n) is 2.75. The van der Waals surface area contributed by atoms with Gasteiger partial charge in [-0.1, -0.05) is 18.2 Å². The molecule has 3 rings (SSSR count). The molecule has 5 nitrogen and oxygen atoms in total. The number of para-hydroxylation sites is 1. The van der Waals surface area contributed by atoms with Gasteiger partial charge in [0.1, 0.15) is 11.4 Å². The molecule has 0 saturated carbocycles. The van der Waals surface area contributed by atoms with Gasteiger partial charge in [-0.25, -0.2) is 9.78 Å². The largest absolute Gasteiger partial charge is 0.478 e. The molecule has 0 aliphatic heterocycles. The van der Waals surface area contributed by atoms with Crippen molar-refractivity contribution in [2.45, 2.75) is 20.0 Å². The summed E-state index contributed by atoms with van der Waals surface area (Å²) in [5, 5.41) is 8.76. The van der Waals surface area contributed by atoms with Gasteiger partial charge in [0, 0.05) is 30.0 Å². The van der Waals surface area contributed by atoms with Crippen LogP contribution < -0.4 is 4.74 Å². The normalized spacial score (nSPS) is 11.5. The molecular formula is C19H16F2N2O3. The zero-order valence-corrected chi connectivity index (χ0v) is 13.9. The lowest BCUT2D eigenvalue weighted by Gasteiger charge is -2.11. The average Bonchev–Trinajstić information content (AvgIpc) is 2.89. The zero-order valence-electron chi connectivity index (χ0n) is 13.9. The fourth-order valence-corrected chi connectivity index (χ4v) is 2.75. The molecule has 134 valence electrons. The van der Waals surface area contributed by atoms with E-state index in [0.29, 0.717) is 23.2 Å². The van der Waals surface area contributed by atoms with E-state index in [1.54, 1.807) is 36.5 Å². The minimum atomic E-state index is -2.90. The molecule has 0 fully saturated rings. The van der Waals surface area contributed by atoms with Gasteiger partial charge >= 0.3 is 12.6 Å². The van der Waals surface area contributed by atoms with Gasteiger partial charge in [-0.15, -0.1) is 0 Å². The van der Waals surface area contributed by atoms with Crippen molar-refractivity contribution in [3.63, 3.8) is 0 Å². The molecule has 1 N–H and O–H groups in total. The van der Waals surface area contributed by atoms with Crippen LogP contribution in [0.15, 0.2) is 48.7 Å². The van der Waals surface area contributed by atoms with Crippen molar-refractivity contribution in [1.82, 2.24) is 9.38 Å². The summed E-state index contributed by atoms with van der Waals surface area (Å²) in [5.41, 5.74) is 3.57.